The van der Waals surface area contributed by atoms with Crippen LogP contribution >= 0.6 is 39.1 Å². The highest BCUT2D eigenvalue weighted by atomic mass is 79.9. The van der Waals surface area contributed by atoms with Gasteiger partial charge in [0, 0.05) is 46.1 Å². The molecule has 0 spiro atoms. The van der Waals surface area contributed by atoms with Gasteiger partial charge < -0.3 is 19.9 Å². The predicted molar refractivity (Wildman–Crippen MR) is 154 cm³/mol. The van der Waals surface area contributed by atoms with E-state index in [2.05, 4.69) is 21.2 Å². The third kappa shape index (κ3) is 6.70. The molecule has 6 nitrogen and oxygen atoms in total. The van der Waals surface area contributed by atoms with Gasteiger partial charge in [0.15, 0.2) is 5.54 Å². The van der Waals surface area contributed by atoms with E-state index in [0.717, 1.165) is 21.2 Å². The van der Waals surface area contributed by atoms with Crippen molar-refractivity contribution < 1.29 is 19.4 Å². The summed E-state index contributed by atoms with van der Waals surface area (Å²) in [6.45, 7) is 2.76. The average Bonchev–Trinajstić information content (AvgIpc) is 3.24. The number of benzene rings is 3. The molecule has 0 saturated heterocycles. The molecule has 1 aliphatic rings. The van der Waals surface area contributed by atoms with Gasteiger partial charge in [0.1, 0.15) is 11.9 Å². The summed E-state index contributed by atoms with van der Waals surface area (Å²) in [5, 5.41) is 13.1. The van der Waals surface area contributed by atoms with Crippen molar-refractivity contribution in [3.05, 3.63) is 97.9 Å². The first-order valence-electron chi connectivity index (χ1n) is 12.4. The van der Waals surface area contributed by atoms with E-state index in [9.17, 15) is 4.79 Å². The second-order valence-electron chi connectivity index (χ2n) is 9.06. The van der Waals surface area contributed by atoms with Crippen LogP contribution in [-0.2, 0) is 22.4 Å². The third-order valence-corrected chi connectivity index (χ3v) is 7.80. The smallest absolute Gasteiger partial charge is 0.252 e. The van der Waals surface area contributed by atoms with Crippen molar-refractivity contribution in [3.63, 3.8) is 0 Å². The van der Waals surface area contributed by atoms with Crippen LogP contribution in [0, 0.1) is 0 Å². The number of nitrogens with zero attached hydrogens (tertiary/aromatic N) is 1. The Kier molecular flexibility index (Phi) is 9.71. The molecule has 38 heavy (non-hydrogen) atoms. The van der Waals surface area contributed by atoms with Crippen molar-refractivity contribution in [1.82, 2.24) is 5.32 Å². The normalized spacial score (nSPS) is 18.6. The molecule has 4 rings (SSSR count). The van der Waals surface area contributed by atoms with Gasteiger partial charge in [-0.25, -0.2) is 4.99 Å². The zero-order valence-corrected chi connectivity index (χ0v) is 24.0. The van der Waals surface area contributed by atoms with Crippen LogP contribution in [0.5, 0.6) is 5.75 Å². The minimum absolute atomic E-state index is 0.0784. The first kappa shape index (κ1) is 28.4. The van der Waals surface area contributed by atoms with Crippen molar-refractivity contribution in [3.8, 4) is 5.75 Å². The van der Waals surface area contributed by atoms with Crippen LogP contribution in [0.1, 0.15) is 30.0 Å². The molecule has 9 heteroatoms. The summed E-state index contributed by atoms with van der Waals surface area (Å²) in [6.07, 6.45) is 0.960. The van der Waals surface area contributed by atoms with E-state index in [1.165, 1.54) is 0 Å². The van der Waals surface area contributed by atoms with E-state index in [1.54, 1.807) is 12.1 Å². The molecular weight excluding hydrogens is 591 g/mol. The molecule has 1 amide bonds. The van der Waals surface area contributed by atoms with Gasteiger partial charge in [-0.15, -0.1) is 0 Å². The standard InChI is InChI=1S/C29H29BrCl2N2O4/c1-19-29(18-22-5-2-3-6-25(22)30,28(36)33-14-13-20-7-10-23(31)17-26(20)32)34-27(38-19)21-8-11-24(12-9-21)37-16-4-15-35/h2-3,5-12,17,19,35H,4,13-16,18H2,1H3,(H,33,36)/t19-,29-/m1/s1. The minimum Gasteiger partial charge on any atom is -0.494 e. The lowest BCUT2D eigenvalue weighted by Gasteiger charge is -2.28. The zero-order valence-electron chi connectivity index (χ0n) is 20.9. The van der Waals surface area contributed by atoms with Gasteiger partial charge >= 0.3 is 0 Å². The Hall–Kier alpha value is -2.58. The largest absolute Gasteiger partial charge is 0.494 e. The second-order valence-corrected chi connectivity index (χ2v) is 10.8. The Bertz CT molecular complexity index is 1300. The maximum atomic E-state index is 13.8. The maximum absolute atomic E-state index is 13.8. The molecule has 0 unspecified atom stereocenters. The number of nitrogens with one attached hydrogen (secondary N) is 1. The Labute approximate surface area is 241 Å². The lowest BCUT2D eigenvalue weighted by atomic mass is 9.86. The van der Waals surface area contributed by atoms with Gasteiger partial charge in [-0.05, 0) is 66.9 Å². The number of aliphatic imine (C=N–C) groups is 1. The molecule has 0 radical (unpaired) electrons. The number of ether oxygens (including phenoxy) is 2. The van der Waals surface area contributed by atoms with Crippen LogP contribution in [0.3, 0.4) is 0 Å². The van der Waals surface area contributed by atoms with Gasteiger partial charge in [-0.2, -0.15) is 0 Å². The van der Waals surface area contributed by atoms with Crippen molar-refractivity contribution in [1.29, 1.82) is 0 Å². The van der Waals surface area contributed by atoms with E-state index in [0.29, 0.717) is 54.1 Å². The lowest BCUT2D eigenvalue weighted by molar-refractivity contribution is -0.128. The quantitative estimate of drug-likeness (QED) is 0.257. The first-order chi connectivity index (χ1) is 18.3. The Morgan fingerprint density at radius 3 is 2.61 bits per heavy atom. The number of halogens is 3. The fourth-order valence-corrected chi connectivity index (χ4v) is 5.19. The molecule has 200 valence electrons. The number of hydrogen-bond donors (Lipinski definition) is 2. The highest BCUT2D eigenvalue weighted by Gasteiger charge is 2.50. The van der Waals surface area contributed by atoms with Crippen LogP contribution < -0.4 is 10.1 Å². The van der Waals surface area contributed by atoms with Crippen LogP contribution in [0.25, 0.3) is 0 Å². The molecule has 1 heterocycles. The Balaban J connectivity index is 1.57. The SMILES string of the molecule is C[C@H]1OC(c2ccc(OCCCO)cc2)=N[C@@]1(Cc1ccccc1Br)C(=O)NCCc1ccc(Cl)cc1Cl. The van der Waals surface area contributed by atoms with Gasteiger partial charge in [0.05, 0.1) is 6.61 Å². The van der Waals surface area contributed by atoms with Crippen LogP contribution in [0.15, 0.2) is 76.2 Å². The molecule has 0 aliphatic carbocycles. The number of hydrogen-bond acceptors (Lipinski definition) is 5. The second kappa shape index (κ2) is 13.0. The van der Waals surface area contributed by atoms with Crippen molar-refractivity contribution in [2.45, 2.75) is 37.8 Å². The summed E-state index contributed by atoms with van der Waals surface area (Å²) < 4.78 is 12.7. The van der Waals surface area contributed by atoms with Crippen LogP contribution in [0.4, 0.5) is 0 Å². The van der Waals surface area contributed by atoms with Crippen molar-refractivity contribution in [2.75, 3.05) is 19.8 Å². The van der Waals surface area contributed by atoms with Gasteiger partial charge in [0.2, 0.25) is 5.90 Å². The molecule has 3 aromatic carbocycles. The molecule has 0 aromatic heterocycles. The fourth-order valence-electron chi connectivity index (χ4n) is 4.26. The average molecular weight is 620 g/mol. The van der Waals surface area contributed by atoms with Crippen molar-refractivity contribution in [2.24, 2.45) is 4.99 Å². The predicted octanol–water partition coefficient (Wildman–Crippen LogP) is 6.02. The van der Waals surface area contributed by atoms with Gasteiger partial charge in [0.25, 0.3) is 5.91 Å². The monoisotopic (exact) mass is 618 g/mol. The lowest BCUT2D eigenvalue weighted by Crippen LogP contribution is -2.53. The summed E-state index contributed by atoms with van der Waals surface area (Å²) in [5.74, 6) is 0.874. The van der Waals surface area contributed by atoms with Gasteiger partial charge in [-0.3, -0.25) is 4.79 Å². The topological polar surface area (TPSA) is 80.2 Å². The number of carbonyl (C=O) groups is 1. The highest BCUT2D eigenvalue weighted by molar-refractivity contribution is 9.10. The maximum Gasteiger partial charge on any atom is 0.252 e. The number of rotatable bonds is 11. The molecule has 1 aliphatic heterocycles. The fraction of sp³-hybridized carbons (Fsp3) is 0.310. The number of carbonyl (C=O) groups excluding carboxylic acids is 1. The molecule has 0 saturated carbocycles. The minimum atomic E-state index is -1.17. The summed E-state index contributed by atoms with van der Waals surface area (Å²) >= 11 is 15.9. The molecule has 2 N–H and O–H groups in total. The molecule has 3 aromatic rings. The Morgan fingerprint density at radius 1 is 1.13 bits per heavy atom. The molecule has 0 bridgehead atoms. The summed E-state index contributed by atoms with van der Waals surface area (Å²) in [7, 11) is 0. The molecular formula is C29H29BrCl2N2O4. The van der Waals surface area contributed by atoms with Crippen molar-refractivity contribution >= 4 is 50.9 Å². The van der Waals surface area contributed by atoms with E-state index in [1.807, 2.05) is 61.5 Å². The number of aliphatic hydroxyl groups is 1. The van der Waals surface area contributed by atoms with E-state index in [4.69, 9.17) is 42.8 Å². The number of aliphatic hydroxyl groups excluding tert-OH is 1. The summed E-state index contributed by atoms with van der Waals surface area (Å²) in [4.78, 5) is 18.7. The van der Waals surface area contributed by atoms with Crippen LogP contribution in [-0.4, -0.2) is 48.3 Å². The zero-order chi connectivity index (χ0) is 27.1. The number of amides is 1. The molecule has 0 fully saturated rings. The van der Waals surface area contributed by atoms with Gasteiger partial charge in [-0.1, -0.05) is 63.4 Å². The van der Waals surface area contributed by atoms with E-state index in [-0.39, 0.29) is 12.5 Å². The Morgan fingerprint density at radius 2 is 1.89 bits per heavy atom. The highest BCUT2D eigenvalue weighted by Crippen LogP contribution is 2.34. The summed E-state index contributed by atoms with van der Waals surface area (Å²) in [6, 6.07) is 20.5. The van der Waals surface area contributed by atoms with E-state index >= 15 is 0 Å². The third-order valence-electron chi connectivity index (χ3n) is 6.44. The van der Waals surface area contributed by atoms with Crippen LogP contribution in [0.2, 0.25) is 10.0 Å². The van der Waals surface area contributed by atoms with E-state index < -0.39 is 11.6 Å². The first-order valence-corrected chi connectivity index (χ1v) is 13.9. The molecule has 2 atom stereocenters. The summed E-state index contributed by atoms with van der Waals surface area (Å²) in [5.41, 5.74) is 1.44.